The second kappa shape index (κ2) is 3.46. The summed E-state index contributed by atoms with van der Waals surface area (Å²) in [6.07, 6.45) is 9.83. The van der Waals surface area contributed by atoms with Gasteiger partial charge in [-0.1, -0.05) is 31.2 Å². The van der Waals surface area contributed by atoms with E-state index in [0.29, 0.717) is 6.42 Å². The molecule has 1 aromatic heterocycles. The Morgan fingerprint density at radius 2 is 2.36 bits per heavy atom. The first-order valence-corrected chi connectivity index (χ1v) is 4.81. The van der Waals surface area contributed by atoms with Crippen molar-refractivity contribution in [3.63, 3.8) is 0 Å². The minimum Gasteiger partial charge on any atom is -0.469 e. The zero-order chi connectivity index (χ0) is 10.0. The van der Waals surface area contributed by atoms with Crippen molar-refractivity contribution in [3.8, 4) is 0 Å². The first-order valence-electron chi connectivity index (χ1n) is 4.81. The highest BCUT2D eigenvalue weighted by atomic mass is 16.3. The highest BCUT2D eigenvalue weighted by Gasteiger charge is 2.31. The molecule has 1 aliphatic carbocycles. The lowest BCUT2D eigenvalue weighted by atomic mass is 9.82. The average Bonchev–Trinajstić information content (AvgIpc) is 2.63. The Bertz CT molecular complexity index is 348. The van der Waals surface area contributed by atoms with Crippen molar-refractivity contribution < 1.29 is 9.52 Å². The van der Waals surface area contributed by atoms with Crippen LogP contribution in [-0.4, -0.2) is 10.7 Å². The van der Waals surface area contributed by atoms with Gasteiger partial charge in [-0.25, -0.2) is 0 Å². The first kappa shape index (κ1) is 9.28. The second-order valence-corrected chi connectivity index (χ2v) is 3.78. The third-order valence-electron chi connectivity index (χ3n) is 2.72. The quantitative estimate of drug-likeness (QED) is 0.776. The zero-order valence-electron chi connectivity index (χ0n) is 8.18. The summed E-state index contributed by atoms with van der Waals surface area (Å²) in [6, 6.07) is 3.72. The van der Waals surface area contributed by atoms with Crippen LogP contribution in [0.15, 0.2) is 47.1 Å². The van der Waals surface area contributed by atoms with E-state index in [1.807, 2.05) is 43.4 Å². The molecule has 2 rings (SSSR count). The molecule has 0 aromatic carbocycles. The van der Waals surface area contributed by atoms with Crippen molar-refractivity contribution in [3.05, 3.63) is 48.5 Å². The summed E-state index contributed by atoms with van der Waals surface area (Å²) in [7, 11) is 0. The molecule has 1 aliphatic rings. The van der Waals surface area contributed by atoms with Crippen molar-refractivity contribution in [2.75, 3.05) is 0 Å². The maximum absolute atomic E-state index is 10.3. The molecular formula is C12H14O2. The lowest BCUT2D eigenvalue weighted by Gasteiger charge is -2.30. The number of aliphatic hydroxyl groups is 1. The van der Waals surface area contributed by atoms with Crippen LogP contribution in [0.25, 0.3) is 0 Å². The Hall–Kier alpha value is -1.28. The van der Waals surface area contributed by atoms with Gasteiger partial charge >= 0.3 is 0 Å². The van der Waals surface area contributed by atoms with Crippen molar-refractivity contribution in [1.82, 2.24) is 0 Å². The second-order valence-electron chi connectivity index (χ2n) is 3.78. The molecule has 0 bridgehead atoms. The molecule has 74 valence electrons. The van der Waals surface area contributed by atoms with Crippen LogP contribution in [0.5, 0.6) is 0 Å². The first-order chi connectivity index (χ1) is 6.71. The van der Waals surface area contributed by atoms with Crippen LogP contribution in [-0.2, 0) is 6.42 Å². The Morgan fingerprint density at radius 3 is 3.00 bits per heavy atom. The molecule has 0 spiro atoms. The van der Waals surface area contributed by atoms with E-state index in [2.05, 4.69) is 0 Å². The molecule has 1 heterocycles. The molecule has 0 saturated carbocycles. The topological polar surface area (TPSA) is 33.4 Å². The maximum atomic E-state index is 10.3. The summed E-state index contributed by atoms with van der Waals surface area (Å²) < 4.78 is 5.23. The van der Waals surface area contributed by atoms with Crippen LogP contribution in [0.4, 0.5) is 0 Å². The van der Waals surface area contributed by atoms with Gasteiger partial charge in [-0.15, -0.1) is 0 Å². The molecule has 0 saturated heterocycles. The molecule has 2 nitrogen and oxygen atoms in total. The van der Waals surface area contributed by atoms with Crippen LogP contribution >= 0.6 is 0 Å². The van der Waals surface area contributed by atoms with Crippen molar-refractivity contribution >= 4 is 0 Å². The third-order valence-corrected chi connectivity index (χ3v) is 2.72. The van der Waals surface area contributed by atoms with E-state index in [0.717, 1.165) is 5.76 Å². The number of hydrogen-bond acceptors (Lipinski definition) is 2. The van der Waals surface area contributed by atoms with Gasteiger partial charge in [0.25, 0.3) is 0 Å². The Morgan fingerprint density at radius 1 is 1.50 bits per heavy atom. The van der Waals surface area contributed by atoms with Gasteiger partial charge in [0.2, 0.25) is 0 Å². The van der Waals surface area contributed by atoms with Gasteiger partial charge < -0.3 is 9.52 Å². The summed E-state index contributed by atoms with van der Waals surface area (Å²) in [6.45, 7) is 2.00. The molecule has 2 heteroatoms. The predicted molar refractivity (Wildman–Crippen MR) is 54.8 cm³/mol. The van der Waals surface area contributed by atoms with E-state index >= 15 is 0 Å². The normalized spacial score (nSPS) is 30.9. The van der Waals surface area contributed by atoms with E-state index in [4.69, 9.17) is 4.42 Å². The molecule has 0 radical (unpaired) electrons. The largest absolute Gasteiger partial charge is 0.469 e. The summed E-state index contributed by atoms with van der Waals surface area (Å²) in [5.41, 5.74) is -0.799. The van der Waals surface area contributed by atoms with Crippen molar-refractivity contribution in [1.29, 1.82) is 0 Å². The van der Waals surface area contributed by atoms with E-state index in [1.54, 1.807) is 6.26 Å². The summed E-state index contributed by atoms with van der Waals surface area (Å²) in [5, 5.41) is 10.3. The van der Waals surface area contributed by atoms with Gasteiger partial charge in [-0.3, -0.25) is 0 Å². The SMILES string of the molecule is CC1C=CC=CC1(O)Cc1ccco1. The zero-order valence-corrected chi connectivity index (χ0v) is 8.18. The molecular weight excluding hydrogens is 176 g/mol. The van der Waals surface area contributed by atoms with Gasteiger partial charge in [0.15, 0.2) is 0 Å². The van der Waals surface area contributed by atoms with E-state index in [9.17, 15) is 5.11 Å². The van der Waals surface area contributed by atoms with Crippen LogP contribution in [0, 0.1) is 5.92 Å². The van der Waals surface area contributed by atoms with Crippen LogP contribution in [0.1, 0.15) is 12.7 Å². The highest BCUT2D eigenvalue weighted by molar-refractivity contribution is 5.23. The van der Waals surface area contributed by atoms with Gasteiger partial charge in [0, 0.05) is 12.3 Å². The van der Waals surface area contributed by atoms with Gasteiger partial charge in [-0.2, -0.15) is 0 Å². The van der Waals surface area contributed by atoms with Crippen LogP contribution in [0.2, 0.25) is 0 Å². The molecule has 14 heavy (non-hydrogen) atoms. The third kappa shape index (κ3) is 1.66. The Kier molecular flexibility index (Phi) is 2.30. The number of allylic oxidation sites excluding steroid dienone is 2. The molecule has 1 aromatic rings. The monoisotopic (exact) mass is 190 g/mol. The summed E-state index contributed by atoms with van der Waals surface area (Å²) >= 11 is 0. The van der Waals surface area contributed by atoms with Gasteiger partial charge in [0.1, 0.15) is 5.76 Å². The minimum atomic E-state index is -0.799. The molecule has 2 atom stereocenters. The standard InChI is InChI=1S/C12H14O2/c1-10-5-2-3-7-12(10,13)9-11-6-4-8-14-11/h2-8,10,13H,9H2,1H3. The fourth-order valence-electron chi connectivity index (χ4n) is 1.68. The average molecular weight is 190 g/mol. The molecule has 2 unspecified atom stereocenters. The van der Waals surface area contributed by atoms with E-state index in [-0.39, 0.29) is 5.92 Å². The van der Waals surface area contributed by atoms with Crippen molar-refractivity contribution in [2.24, 2.45) is 5.92 Å². The van der Waals surface area contributed by atoms with Gasteiger partial charge in [0.05, 0.1) is 11.9 Å². The minimum absolute atomic E-state index is 0.123. The summed E-state index contributed by atoms with van der Waals surface area (Å²) in [5.74, 6) is 0.942. The molecule has 0 amide bonds. The fourth-order valence-corrected chi connectivity index (χ4v) is 1.68. The highest BCUT2D eigenvalue weighted by Crippen LogP contribution is 2.28. The number of furan rings is 1. The molecule has 0 aliphatic heterocycles. The smallest absolute Gasteiger partial charge is 0.106 e. The lowest BCUT2D eigenvalue weighted by Crippen LogP contribution is -2.36. The van der Waals surface area contributed by atoms with Crippen LogP contribution < -0.4 is 0 Å². The predicted octanol–water partition coefficient (Wildman–Crippen LogP) is 2.32. The van der Waals surface area contributed by atoms with Gasteiger partial charge in [-0.05, 0) is 12.1 Å². The fraction of sp³-hybridized carbons (Fsp3) is 0.333. The lowest BCUT2D eigenvalue weighted by molar-refractivity contribution is 0.0486. The van der Waals surface area contributed by atoms with Crippen molar-refractivity contribution in [2.45, 2.75) is 18.9 Å². The molecule has 1 N–H and O–H groups in total. The van der Waals surface area contributed by atoms with E-state index in [1.165, 1.54) is 0 Å². The number of hydrogen-bond donors (Lipinski definition) is 1. The Labute approximate surface area is 83.6 Å². The summed E-state index contributed by atoms with van der Waals surface area (Å²) in [4.78, 5) is 0. The van der Waals surface area contributed by atoms with Crippen LogP contribution in [0.3, 0.4) is 0 Å². The van der Waals surface area contributed by atoms with E-state index < -0.39 is 5.60 Å². The number of rotatable bonds is 2. The maximum Gasteiger partial charge on any atom is 0.106 e. The molecule has 0 fully saturated rings. The Balaban J connectivity index is 2.17.